The van der Waals surface area contributed by atoms with Gasteiger partial charge in [0.25, 0.3) is 0 Å². The number of nitrogens with one attached hydrogen (secondary N) is 4. The highest BCUT2D eigenvalue weighted by Gasteiger charge is 2.22. The lowest BCUT2D eigenvalue weighted by Gasteiger charge is -2.09. The fourth-order valence-corrected chi connectivity index (χ4v) is 10.2. The molecule has 8 bridgehead atoms. The smallest absolute Gasteiger partial charge is 0.316 e. The summed E-state index contributed by atoms with van der Waals surface area (Å²) in [5, 5.41) is 3.93. The number of aromatic nitrogens is 12. The molecule has 0 spiro atoms. The van der Waals surface area contributed by atoms with E-state index in [0.717, 1.165) is 0 Å². The molecule has 24 heteroatoms. The third-order valence-electron chi connectivity index (χ3n) is 14.4. The molecule has 1 aliphatic rings. The Morgan fingerprint density at radius 3 is 0.569 bits per heavy atom. The topological polar surface area (TPSA) is 289 Å². The Labute approximate surface area is 395 Å². The highest BCUT2D eigenvalue weighted by atomic mass is 16.2. The zero-order chi connectivity index (χ0) is 50.4. The molecule has 0 aliphatic carbocycles. The van der Waals surface area contributed by atoms with Crippen LogP contribution in [-0.4, -0.2) is 56.5 Å². The Morgan fingerprint density at radius 2 is 0.403 bits per heavy atom. The van der Waals surface area contributed by atoms with Gasteiger partial charge in [0.05, 0.1) is 44.1 Å². The first-order chi connectivity index (χ1) is 34.3. The van der Waals surface area contributed by atoms with Crippen molar-refractivity contribution in [1.82, 2.24) is 56.5 Å². The van der Waals surface area contributed by atoms with Crippen LogP contribution in [0.1, 0.15) is 0 Å². The fourth-order valence-electron chi connectivity index (χ4n) is 10.2. The predicted molar refractivity (Wildman–Crippen MR) is 268 cm³/mol. The second-order valence-electron chi connectivity index (χ2n) is 18.2. The summed E-state index contributed by atoms with van der Waals surface area (Å²) in [6.45, 7) is 0. The number of aromatic amines is 4. The minimum absolute atomic E-state index is 0.262. The van der Waals surface area contributed by atoms with Crippen molar-refractivity contribution < 1.29 is 0 Å². The lowest BCUT2D eigenvalue weighted by molar-refractivity contribution is 0.799. The van der Waals surface area contributed by atoms with Gasteiger partial charge in [-0.05, 0) is 48.5 Å². The molecule has 0 saturated heterocycles. The molecule has 12 aromatic rings. The number of benzene rings is 4. The standard InChI is InChI=1S/C48H36N16O8/c1-57-25-9-17-18(10-26(25)58(2)42(66)41(57)65)34-49-33(17)53-35-19-11-27-28(60(4)44(68)43(67)59(27)3)12-20(19)37(50-35)55-39-23-15-31-32(64(8)48(72)47(71)63(31)7)16-24(23)40(52-39)56-38-22-14-30-29(13-21(22)36(51-38)54-34)61(5)45(69)46(70)62(30)6/h9-16H,1-8H3,(H4,49,50,51,52,53,54,55,56). The van der Waals surface area contributed by atoms with E-state index in [2.05, 4.69) is 19.9 Å². The van der Waals surface area contributed by atoms with E-state index in [1.165, 1.54) is 92.9 Å². The van der Waals surface area contributed by atoms with E-state index in [4.69, 9.17) is 20.0 Å². The van der Waals surface area contributed by atoms with Crippen molar-refractivity contribution in [1.29, 1.82) is 0 Å². The summed E-state index contributed by atoms with van der Waals surface area (Å²) in [6, 6.07) is 13.9. The third kappa shape index (κ3) is 5.33. The molecule has 0 saturated carbocycles. The van der Waals surface area contributed by atoms with Gasteiger partial charge in [0.2, 0.25) is 0 Å². The first kappa shape index (κ1) is 42.1. The molecule has 9 heterocycles. The molecular weight excluding hydrogens is 929 g/mol. The molecule has 0 atom stereocenters. The van der Waals surface area contributed by atoms with Gasteiger partial charge >= 0.3 is 44.5 Å². The number of hydrogen-bond donors (Lipinski definition) is 4. The predicted octanol–water partition coefficient (Wildman–Crippen LogP) is -0.0672. The lowest BCUT2D eigenvalue weighted by Crippen LogP contribution is -2.39. The third-order valence-corrected chi connectivity index (χ3v) is 14.4. The van der Waals surface area contributed by atoms with Gasteiger partial charge in [-0.15, -0.1) is 0 Å². The number of fused-ring (bicyclic) bond motifs is 24. The van der Waals surface area contributed by atoms with Gasteiger partial charge in [0.15, 0.2) is 0 Å². The van der Waals surface area contributed by atoms with E-state index in [9.17, 15) is 38.4 Å². The molecule has 13 rings (SSSR count). The SMILES string of the molecule is Cn1c(=O)c(=O)n(C)c2cc3c4[nH]c(c3cc21)N=c1[nH]c(c2cc3c(cc12)n(C)c(=O)c(=O)n3C)=Nc1[nH]c(c2cc3c(cc12)n(C)c(=O)c(=O)n3C)N=c1[nH]c(c2cc3c(cc12)n(C)c(=O)c(=O)n3C)=N4. The van der Waals surface area contributed by atoms with Crippen molar-refractivity contribution in [2.45, 2.75) is 0 Å². The van der Waals surface area contributed by atoms with Crippen LogP contribution in [0.3, 0.4) is 0 Å². The number of hydrogen-bond acceptors (Lipinski definition) is 12. The molecule has 0 unspecified atom stereocenters. The van der Waals surface area contributed by atoms with Crippen molar-refractivity contribution in [3.05, 3.63) is 153 Å². The summed E-state index contributed by atoms with van der Waals surface area (Å²) in [7, 11) is 12.0. The molecule has 72 heavy (non-hydrogen) atoms. The molecule has 0 amide bonds. The van der Waals surface area contributed by atoms with Gasteiger partial charge in [0.1, 0.15) is 45.2 Å². The van der Waals surface area contributed by atoms with Crippen LogP contribution >= 0.6 is 0 Å². The highest BCUT2D eigenvalue weighted by Crippen LogP contribution is 2.38. The first-order valence-corrected chi connectivity index (χ1v) is 22.2. The Balaban J connectivity index is 1.28. The zero-order valence-corrected chi connectivity index (χ0v) is 39.3. The molecule has 4 N–H and O–H groups in total. The van der Waals surface area contributed by atoms with Crippen molar-refractivity contribution in [3.8, 4) is 0 Å². The van der Waals surface area contributed by atoms with Gasteiger partial charge < -0.3 is 56.5 Å². The summed E-state index contributed by atoms with van der Waals surface area (Å²) in [5.74, 6) is 1.05. The molecule has 8 aromatic heterocycles. The van der Waals surface area contributed by atoms with Crippen LogP contribution in [0.25, 0.3) is 87.2 Å². The monoisotopic (exact) mass is 964 g/mol. The maximum absolute atomic E-state index is 13.2. The Morgan fingerprint density at radius 1 is 0.250 bits per heavy atom. The average Bonchev–Trinajstić information content (AvgIpc) is 4.11. The molecule has 1 aliphatic heterocycles. The van der Waals surface area contributed by atoms with E-state index < -0.39 is 44.5 Å². The minimum atomic E-state index is -0.741. The van der Waals surface area contributed by atoms with E-state index in [-0.39, 0.29) is 45.2 Å². The van der Waals surface area contributed by atoms with Gasteiger partial charge in [-0.25, -0.2) is 20.0 Å². The van der Waals surface area contributed by atoms with Crippen LogP contribution in [-0.2, 0) is 56.4 Å². The van der Waals surface area contributed by atoms with Crippen LogP contribution in [0.15, 0.2) is 107 Å². The number of H-pyrrole nitrogens is 4. The summed E-state index contributed by atoms with van der Waals surface area (Å²) >= 11 is 0. The molecule has 24 nitrogen and oxygen atoms in total. The second-order valence-corrected chi connectivity index (χ2v) is 18.2. The van der Waals surface area contributed by atoms with E-state index in [0.29, 0.717) is 87.2 Å². The largest absolute Gasteiger partial charge is 0.324 e. The summed E-state index contributed by atoms with van der Waals surface area (Å²) in [5.41, 5.74) is -1.55. The van der Waals surface area contributed by atoms with E-state index in [1.54, 1.807) is 48.5 Å². The second kappa shape index (κ2) is 13.8. The van der Waals surface area contributed by atoms with E-state index >= 15 is 0 Å². The fraction of sp³-hybridized carbons (Fsp3) is 0.167. The van der Waals surface area contributed by atoms with Crippen molar-refractivity contribution in [2.75, 3.05) is 0 Å². The summed E-state index contributed by atoms with van der Waals surface area (Å²) < 4.78 is 10.1. The Hall–Kier alpha value is -10.0. The Bertz CT molecular complexity index is 4800. The van der Waals surface area contributed by atoms with Gasteiger partial charge in [-0.3, -0.25) is 38.4 Å². The summed E-state index contributed by atoms with van der Waals surface area (Å²) in [6.07, 6.45) is 0. The zero-order valence-electron chi connectivity index (χ0n) is 39.3. The maximum atomic E-state index is 13.2. The quantitative estimate of drug-likeness (QED) is 0.149. The number of rotatable bonds is 0. The van der Waals surface area contributed by atoms with E-state index in [1.807, 2.05) is 0 Å². The Kier molecular flexibility index (Phi) is 8.09. The molecular formula is C48H36N16O8. The van der Waals surface area contributed by atoms with Crippen LogP contribution in [0, 0.1) is 0 Å². The van der Waals surface area contributed by atoms with Crippen LogP contribution in [0.4, 0.5) is 23.3 Å². The average molecular weight is 965 g/mol. The van der Waals surface area contributed by atoms with Crippen molar-refractivity contribution in [3.63, 3.8) is 0 Å². The first-order valence-electron chi connectivity index (χ1n) is 22.2. The normalized spacial score (nSPS) is 12.8. The molecule has 356 valence electrons. The maximum Gasteiger partial charge on any atom is 0.316 e. The minimum Gasteiger partial charge on any atom is -0.324 e. The van der Waals surface area contributed by atoms with Gasteiger partial charge in [-0.2, -0.15) is 0 Å². The molecule has 4 aromatic carbocycles. The molecule has 0 radical (unpaired) electrons. The number of nitrogens with zero attached hydrogens (tertiary/aromatic N) is 12. The van der Waals surface area contributed by atoms with Crippen LogP contribution in [0.2, 0.25) is 0 Å². The highest BCUT2D eigenvalue weighted by molar-refractivity contribution is 6.08. The molecule has 0 fully saturated rings. The van der Waals surface area contributed by atoms with Crippen LogP contribution in [0.5, 0.6) is 0 Å². The number of aryl methyl sites for hydroxylation is 8. The van der Waals surface area contributed by atoms with Gasteiger partial charge in [0, 0.05) is 99.5 Å². The summed E-state index contributed by atoms with van der Waals surface area (Å²) in [4.78, 5) is 140. The van der Waals surface area contributed by atoms with Crippen molar-refractivity contribution >= 4 is 110 Å². The van der Waals surface area contributed by atoms with Gasteiger partial charge in [-0.1, -0.05) is 0 Å². The lowest BCUT2D eigenvalue weighted by atomic mass is 10.1. The van der Waals surface area contributed by atoms with Crippen LogP contribution < -0.4 is 66.4 Å². The van der Waals surface area contributed by atoms with Crippen molar-refractivity contribution in [2.24, 2.45) is 76.4 Å².